The molecule has 0 heterocycles. The van der Waals surface area contributed by atoms with Crippen LogP contribution in [0, 0.1) is 0 Å². The van der Waals surface area contributed by atoms with Crippen LogP contribution in [-0.2, 0) is 10.1 Å². The van der Waals surface area contributed by atoms with Crippen molar-refractivity contribution in [3.63, 3.8) is 0 Å². The van der Waals surface area contributed by atoms with E-state index in [1.54, 1.807) is 0 Å². The Hall–Kier alpha value is 1.20. The van der Waals surface area contributed by atoms with Crippen LogP contribution in [-0.4, -0.2) is 18.7 Å². The Labute approximate surface area is 142 Å². The zero-order chi connectivity index (χ0) is 12.3. The van der Waals surface area contributed by atoms with Crippen molar-refractivity contribution >= 4 is 22.5 Å². The van der Waals surface area contributed by atoms with Crippen LogP contribution in [0.15, 0.2) is 0 Å². The largest absolute Gasteiger partial charge is 1.00 e. The van der Waals surface area contributed by atoms with Gasteiger partial charge in [-0.05, 0) is 6.42 Å². The zero-order valence-electron chi connectivity index (χ0n) is 12.9. The molecule has 0 atom stereocenters. The van der Waals surface area contributed by atoms with Crippen LogP contribution in [0.4, 0.5) is 0 Å². The predicted molar refractivity (Wildman–Crippen MR) is 76.6 cm³/mol. The van der Waals surface area contributed by atoms with Gasteiger partial charge >= 0.3 is 29.6 Å². The van der Waals surface area contributed by atoms with Gasteiger partial charge in [0.05, 0.1) is 5.75 Å². The van der Waals surface area contributed by atoms with Crippen LogP contribution < -0.4 is 29.6 Å². The average Bonchev–Trinajstić information content (AvgIpc) is 2.19. The quantitative estimate of drug-likeness (QED) is 0.356. The summed E-state index contributed by atoms with van der Waals surface area (Å²) >= 11 is 0. The van der Waals surface area contributed by atoms with Gasteiger partial charge in [-0.2, -0.15) is 8.42 Å². The van der Waals surface area contributed by atoms with Crippen molar-refractivity contribution in [2.24, 2.45) is 0 Å². The summed E-state index contributed by atoms with van der Waals surface area (Å²) in [5, 5.41) is 0. The van der Waals surface area contributed by atoms with Crippen LogP contribution in [0.25, 0.3) is 0 Å². The van der Waals surface area contributed by atoms with Crippen molar-refractivity contribution in [3.8, 4) is 0 Å². The molecule has 6 heteroatoms. The Balaban J connectivity index is -0.000000375. The maximum Gasteiger partial charge on any atom is 1.00 e. The van der Waals surface area contributed by atoms with Gasteiger partial charge < -0.3 is 1.43 Å². The Morgan fingerprint density at radius 2 is 1.17 bits per heavy atom. The average molecular weight is 311 g/mol. The Morgan fingerprint density at radius 3 is 1.50 bits per heavy atom. The van der Waals surface area contributed by atoms with Crippen molar-refractivity contribution in [1.82, 2.24) is 0 Å². The Bertz CT molecular complexity index is 251. The normalized spacial score (nSPS) is 10.6. The van der Waals surface area contributed by atoms with E-state index < -0.39 is 10.1 Å². The van der Waals surface area contributed by atoms with E-state index in [-0.39, 0.29) is 49.1 Å². The van der Waals surface area contributed by atoms with E-state index in [0.717, 1.165) is 12.8 Å². The molecule has 1 N–H and O–H groups in total. The van der Waals surface area contributed by atoms with Crippen LogP contribution in [0.3, 0.4) is 0 Å². The SMILES string of the molecule is CCCCCCCCCCCCS(=O)(=O)O.Cl.[H-].[Na+]. The summed E-state index contributed by atoms with van der Waals surface area (Å²) in [6.07, 6.45) is 11.7. The van der Waals surface area contributed by atoms with E-state index in [2.05, 4.69) is 6.92 Å². The van der Waals surface area contributed by atoms with Crippen LogP contribution in [0.5, 0.6) is 0 Å². The monoisotopic (exact) mass is 310 g/mol. The second kappa shape index (κ2) is 16.3. The van der Waals surface area contributed by atoms with Gasteiger partial charge in [-0.25, -0.2) is 0 Å². The molecular formula is C12H28ClNaO3S. The van der Waals surface area contributed by atoms with Gasteiger partial charge in [0.2, 0.25) is 0 Å². The van der Waals surface area contributed by atoms with Crippen molar-refractivity contribution < 1.29 is 44.0 Å². The van der Waals surface area contributed by atoms with E-state index in [4.69, 9.17) is 4.55 Å². The first-order valence-corrected chi connectivity index (χ1v) is 8.12. The molecule has 0 aliphatic rings. The minimum atomic E-state index is -3.73. The molecule has 0 bridgehead atoms. The van der Waals surface area contributed by atoms with Gasteiger partial charge in [-0.3, -0.25) is 4.55 Å². The molecule has 0 aromatic rings. The van der Waals surface area contributed by atoms with Gasteiger partial charge in [0.25, 0.3) is 10.1 Å². The third-order valence-corrected chi connectivity index (χ3v) is 3.56. The summed E-state index contributed by atoms with van der Waals surface area (Å²) < 4.78 is 29.4. The van der Waals surface area contributed by atoms with E-state index in [9.17, 15) is 8.42 Å². The number of hydrogen-bond donors (Lipinski definition) is 1. The first kappa shape index (κ1) is 24.2. The smallest absolute Gasteiger partial charge is 1.00 e. The molecule has 0 unspecified atom stereocenters. The van der Waals surface area contributed by atoms with Crippen LogP contribution in [0.1, 0.15) is 72.6 Å². The van der Waals surface area contributed by atoms with Gasteiger partial charge in [-0.1, -0.05) is 64.7 Å². The molecule has 0 radical (unpaired) electrons. The van der Waals surface area contributed by atoms with Gasteiger partial charge in [-0.15, -0.1) is 12.4 Å². The first-order chi connectivity index (χ1) is 7.56. The molecule has 0 aliphatic heterocycles. The fourth-order valence-electron chi connectivity index (χ4n) is 1.77. The summed E-state index contributed by atoms with van der Waals surface area (Å²) in [7, 11) is -3.73. The minimum Gasteiger partial charge on any atom is -1.00 e. The molecule has 108 valence electrons. The number of unbranched alkanes of at least 4 members (excludes halogenated alkanes) is 9. The van der Waals surface area contributed by atoms with Gasteiger partial charge in [0, 0.05) is 0 Å². The second-order valence-electron chi connectivity index (χ2n) is 4.47. The molecular weight excluding hydrogens is 283 g/mol. The minimum absolute atomic E-state index is 0. The standard InChI is InChI=1S/C12H26O3S.ClH.Na.H/c1-2-3-4-5-6-7-8-9-10-11-12-16(13,14)15;;;/h2-12H2,1H3,(H,13,14,15);1H;;/q;;+1;-1. The molecule has 0 saturated heterocycles. The maximum absolute atomic E-state index is 10.4. The van der Waals surface area contributed by atoms with Crippen molar-refractivity contribution in [3.05, 3.63) is 0 Å². The van der Waals surface area contributed by atoms with E-state index in [1.807, 2.05) is 0 Å². The summed E-state index contributed by atoms with van der Waals surface area (Å²) in [5.74, 6) is -0.0799. The van der Waals surface area contributed by atoms with Crippen LogP contribution in [0.2, 0.25) is 0 Å². The second-order valence-corrected chi connectivity index (χ2v) is 6.04. The van der Waals surface area contributed by atoms with Crippen molar-refractivity contribution in [2.75, 3.05) is 5.75 Å². The molecule has 0 rings (SSSR count). The third-order valence-electron chi connectivity index (χ3n) is 2.76. The molecule has 0 aliphatic carbocycles. The van der Waals surface area contributed by atoms with Gasteiger partial charge in [0.1, 0.15) is 0 Å². The Morgan fingerprint density at radius 1 is 0.833 bits per heavy atom. The summed E-state index contributed by atoms with van der Waals surface area (Å²) in [6.45, 7) is 2.22. The Kier molecular flexibility index (Phi) is 21.9. The number of rotatable bonds is 11. The van der Waals surface area contributed by atoms with E-state index >= 15 is 0 Å². The first-order valence-electron chi connectivity index (χ1n) is 6.51. The third kappa shape index (κ3) is 22.4. The fourth-order valence-corrected chi connectivity index (χ4v) is 2.34. The predicted octanol–water partition coefficient (Wildman–Crippen LogP) is 1.33. The molecule has 0 aromatic heterocycles. The summed E-state index contributed by atoms with van der Waals surface area (Å²) in [6, 6.07) is 0. The van der Waals surface area contributed by atoms with Gasteiger partial charge in [0.15, 0.2) is 0 Å². The van der Waals surface area contributed by atoms with Crippen LogP contribution >= 0.6 is 12.4 Å². The van der Waals surface area contributed by atoms with Crippen molar-refractivity contribution in [2.45, 2.75) is 71.1 Å². The molecule has 0 saturated carbocycles. The van der Waals surface area contributed by atoms with E-state index in [1.165, 1.54) is 44.9 Å². The molecule has 0 fully saturated rings. The summed E-state index contributed by atoms with van der Waals surface area (Å²) in [5.41, 5.74) is 0. The van der Waals surface area contributed by atoms with Crippen molar-refractivity contribution in [1.29, 1.82) is 0 Å². The summed E-state index contributed by atoms with van der Waals surface area (Å²) in [4.78, 5) is 0. The zero-order valence-corrected chi connectivity index (χ0v) is 15.5. The molecule has 0 amide bonds. The molecule has 18 heavy (non-hydrogen) atoms. The molecule has 0 spiro atoms. The molecule has 0 aromatic carbocycles. The molecule has 3 nitrogen and oxygen atoms in total. The topological polar surface area (TPSA) is 54.4 Å². The number of hydrogen-bond acceptors (Lipinski definition) is 2. The van der Waals surface area contributed by atoms with E-state index in [0.29, 0.717) is 6.42 Å². The fraction of sp³-hybridized carbons (Fsp3) is 1.00. The number of halogens is 1. The maximum atomic E-state index is 10.4.